The van der Waals surface area contributed by atoms with Gasteiger partial charge in [0.05, 0.1) is 49.4 Å². The zero-order valence-electron chi connectivity index (χ0n) is 24.1. The van der Waals surface area contributed by atoms with Crippen LogP contribution in [-0.2, 0) is 9.53 Å². The van der Waals surface area contributed by atoms with E-state index >= 15 is 0 Å². The molecule has 1 amide bonds. The quantitative estimate of drug-likeness (QED) is 0.201. The Balaban J connectivity index is 1.37. The highest BCUT2D eigenvalue weighted by molar-refractivity contribution is 9.10. The van der Waals surface area contributed by atoms with E-state index in [1.807, 2.05) is 31.2 Å². The van der Waals surface area contributed by atoms with Gasteiger partial charge in [-0.25, -0.2) is 4.98 Å². The Morgan fingerprint density at radius 3 is 2.61 bits per heavy atom. The first-order chi connectivity index (χ1) is 21.5. The lowest BCUT2D eigenvalue weighted by atomic mass is 10.2. The van der Waals surface area contributed by atoms with Crippen LogP contribution < -0.4 is 19.8 Å². The minimum Gasteiger partial charge on any atom is -0.496 e. The number of hydrogen-bond donors (Lipinski definition) is 0. The molecular formula is C32H29BrN4O7. The van der Waals surface area contributed by atoms with Crippen LogP contribution in [0.3, 0.4) is 0 Å². The predicted molar refractivity (Wildman–Crippen MR) is 169 cm³/mol. The van der Waals surface area contributed by atoms with Crippen LogP contribution in [0.15, 0.2) is 79.4 Å². The lowest BCUT2D eigenvalue weighted by molar-refractivity contribution is -0.137. The second-order valence-corrected chi connectivity index (χ2v) is 10.7. The molecule has 0 spiro atoms. The molecule has 0 aliphatic carbocycles. The average molecular weight is 662 g/mol. The van der Waals surface area contributed by atoms with Crippen molar-refractivity contribution in [3.8, 4) is 28.8 Å². The summed E-state index contributed by atoms with van der Waals surface area (Å²) < 4.78 is 30.5. The predicted octanol–water partition coefficient (Wildman–Crippen LogP) is 5.10. The number of rotatable bonds is 9. The SMILES string of the molecule is CCOc1cc(C=Nn2c(-c3cc4c(OC)cccc4o3)nc3ccccc3c2=O)c(Br)cc1OCC(=O)N1CCOCC1. The number of amides is 1. The fourth-order valence-corrected chi connectivity index (χ4v) is 5.33. The summed E-state index contributed by atoms with van der Waals surface area (Å²) in [6.45, 7) is 4.18. The van der Waals surface area contributed by atoms with Gasteiger partial charge in [-0.15, -0.1) is 0 Å². The van der Waals surface area contributed by atoms with Crippen molar-refractivity contribution in [3.05, 3.63) is 81.1 Å². The first-order valence-electron chi connectivity index (χ1n) is 14.0. The van der Waals surface area contributed by atoms with Gasteiger partial charge in [0, 0.05) is 23.1 Å². The normalized spacial score (nSPS) is 13.6. The smallest absolute Gasteiger partial charge is 0.282 e. The van der Waals surface area contributed by atoms with Gasteiger partial charge in [-0.1, -0.05) is 18.2 Å². The van der Waals surface area contributed by atoms with E-state index in [1.54, 1.807) is 48.4 Å². The van der Waals surface area contributed by atoms with Crippen molar-refractivity contribution in [2.75, 3.05) is 46.6 Å². The Morgan fingerprint density at radius 1 is 1.02 bits per heavy atom. The van der Waals surface area contributed by atoms with E-state index in [9.17, 15) is 9.59 Å². The summed E-state index contributed by atoms with van der Waals surface area (Å²) >= 11 is 3.58. The zero-order valence-corrected chi connectivity index (χ0v) is 25.7. The summed E-state index contributed by atoms with van der Waals surface area (Å²) in [5.41, 5.74) is 1.35. The molecule has 3 heterocycles. The number of methoxy groups -OCH3 is 1. The van der Waals surface area contributed by atoms with Gasteiger partial charge in [0.2, 0.25) is 5.82 Å². The molecular weight excluding hydrogens is 632 g/mol. The molecule has 0 radical (unpaired) electrons. The molecule has 1 fully saturated rings. The highest BCUT2D eigenvalue weighted by atomic mass is 79.9. The van der Waals surface area contributed by atoms with E-state index in [1.165, 1.54) is 10.9 Å². The summed E-state index contributed by atoms with van der Waals surface area (Å²) in [5, 5.41) is 5.72. The topological polar surface area (TPSA) is 118 Å². The van der Waals surface area contributed by atoms with Gasteiger partial charge in [0.1, 0.15) is 11.3 Å². The van der Waals surface area contributed by atoms with Crippen molar-refractivity contribution >= 4 is 49.9 Å². The first kappa shape index (κ1) is 29.4. The molecule has 2 aromatic heterocycles. The van der Waals surface area contributed by atoms with Gasteiger partial charge in [0.25, 0.3) is 11.5 Å². The largest absolute Gasteiger partial charge is 0.496 e. The second kappa shape index (κ2) is 12.9. The maximum atomic E-state index is 13.7. The highest BCUT2D eigenvalue weighted by Gasteiger charge is 2.20. The Morgan fingerprint density at radius 2 is 1.82 bits per heavy atom. The van der Waals surface area contributed by atoms with Gasteiger partial charge < -0.3 is 28.3 Å². The zero-order chi connectivity index (χ0) is 30.6. The van der Waals surface area contributed by atoms with Crippen LogP contribution in [0.2, 0.25) is 0 Å². The summed E-state index contributed by atoms with van der Waals surface area (Å²) in [6, 6.07) is 17.8. The monoisotopic (exact) mass is 660 g/mol. The second-order valence-electron chi connectivity index (χ2n) is 9.83. The molecule has 0 bridgehead atoms. The van der Waals surface area contributed by atoms with Crippen molar-refractivity contribution in [2.45, 2.75) is 6.92 Å². The molecule has 44 heavy (non-hydrogen) atoms. The fourth-order valence-electron chi connectivity index (χ4n) is 4.91. The van der Waals surface area contributed by atoms with Crippen LogP contribution in [0.25, 0.3) is 33.5 Å². The lowest BCUT2D eigenvalue weighted by Gasteiger charge is -2.26. The summed E-state index contributed by atoms with van der Waals surface area (Å²) in [5.74, 6) is 1.92. The number of fused-ring (bicyclic) bond motifs is 2. The van der Waals surface area contributed by atoms with E-state index in [2.05, 4.69) is 21.0 Å². The molecule has 0 unspecified atom stereocenters. The number of halogens is 1. The molecule has 0 N–H and O–H groups in total. The molecule has 1 saturated heterocycles. The molecule has 12 heteroatoms. The summed E-state index contributed by atoms with van der Waals surface area (Å²) in [6.07, 6.45) is 1.53. The van der Waals surface area contributed by atoms with Crippen LogP contribution in [0.5, 0.6) is 17.2 Å². The number of carbonyl (C=O) groups excluding carboxylic acids is 1. The Kier molecular flexibility index (Phi) is 8.62. The number of ether oxygens (including phenoxy) is 4. The minimum atomic E-state index is -0.364. The molecule has 5 aromatic rings. The third-order valence-corrected chi connectivity index (χ3v) is 7.79. The molecule has 226 valence electrons. The summed E-state index contributed by atoms with van der Waals surface area (Å²) in [7, 11) is 1.59. The number of aromatic nitrogens is 2. The van der Waals surface area contributed by atoms with Crippen molar-refractivity contribution in [1.82, 2.24) is 14.6 Å². The van der Waals surface area contributed by atoms with Gasteiger partial charge in [-0.2, -0.15) is 9.78 Å². The van der Waals surface area contributed by atoms with E-state index < -0.39 is 0 Å². The molecule has 0 saturated carbocycles. The van der Waals surface area contributed by atoms with Crippen LogP contribution in [-0.4, -0.2) is 73.3 Å². The van der Waals surface area contributed by atoms with Crippen LogP contribution >= 0.6 is 15.9 Å². The average Bonchev–Trinajstić information content (AvgIpc) is 3.49. The number of furan rings is 1. The number of benzene rings is 3. The molecule has 6 rings (SSSR count). The van der Waals surface area contributed by atoms with E-state index in [0.29, 0.717) is 82.4 Å². The lowest BCUT2D eigenvalue weighted by Crippen LogP contribution is -2.43. The number of morpholine rings is 1. The fraction of sp³-hybridized carbons (Fsp3) is 0.250. The number of carbonyl (C=O) groups is 1. The van der Waals surface area contributed by atoms with Crippen molar-refractivity contribution in [1.29, 1.82) is 0 Å². The van der Waals surface area contributed by atoms with E-state index in [4.69, 9.17) is 28.3 Å². The first-order valence-corrected chi connectivity index (χ1v) is 14.8. The maximum absolute atomic E-state index is 13.7. The molecule has 1 aliphatic heterocycles. The van der Waals surface area contributed by atoms with Crippen LogP contribution in [0, 0.1) is 0 Å². The molecule has 1 aliphatic rings. The standard InChI is InChI=1S/C32H29BrN4O7/c1-3-42-27-15-20(23(33)17-28(27)43-19-30(38)36-11-13-41-14-12-36)18-34-37-31(35-24-8-5-4-7-21(24)32(37)39)29-16-22-25(40-2)9-6-10-26(22)44-29/h4-10,15-18H,3,11-14,19H2,1-2H3. The van der Waals surface area contributed by atoms with Gasteiger partial charge in [0.15, 0.2) is 23.9 Å². The highest BCUT2D eigenvalue weighted by Crippen LogP contribution is 2.35. The maximum Gasteiger partial charge on any atom is 0.282 e. The Hall–Kier alpha value is -4.68. The third-order valence-electron chi connectivity index (χ3n) is 7.11. The van der Waals surface area contributed by atoms with Gasteiger partial charge in [-0.05, 0) is 65.3 Å². The van der Waals surface area contributed by atoms with Gasteiger partial charge >= 0.3 is 0 Å². The van der Waals surface area contributed by atoms with Crippen molar-refractivity contribution < 1.29 is 28.2 Å². The van der Waals surface area contributed by atoms with Crippen molar-refractivity contribution in [2.24, 2.45) is 5.10 Å². The third kappa shape index (κ3) is 5.90. The van der Waals surface area contributed by atoms with Crippen LogP contribution in [0.4, 0.5) is 0 Å². The Labute approximate surface area is 260 Å². The number of para-hydroxylation sites is 1. The number of hydrogen-bond acceptors (Lipinski definition) is 9. The molecule has 3 aromatic carbocycles. The molecule has 11 nitrogen and oxygen atoms in total. The van der Waals surface area contributed by atoms with E-state index in [0.717, 1.165) is 5.39 Å². The van der Waals surface area contributed by atoms with Crippen molar-refractivity contribution in [3.63, 3.8) is 0 Å². The minimum absolute atomic E-state index is 0.128. The summed E-state index contributed by atoms with van der Waals surface area (Å²) in [4.78, 5) is 32.8. The number of nitrogens with zero attached hydrogens (tertiary/aromatic N) is 4. The van der Waals surface area contributed by atoms with Crippen LogP contribution in [0.1, 0.15) is 12.5 Å². The Bertz CT molecular complexity index is 1930. The molecule has 0 atom stereocenters. The van der Waals surface area contributed by atoms with E-state index in [-0.39, 0.29) is 23.9 Å². The van der Waals surface area contributed by atoms with Gasteiger partial charge in [-0.3, -0.25) is 9.59 Å².